The Bertz CT molecular complexity index is 904. The van der Waals surface area contributed by atoms with Gasteiger partial charge in [0.25, 0.3) is 0 Å². The van der Waals surface area contributed by atoms with E-state index in [0.717, 1.165) is 0 Å². The van der Waals surface area contributed by atoms with Crippen LogP contribution in [0.5, 0.6) is 0 Å². The first kappa shape index (κ1) is 19.1. The smallest absolute Gasteiger partial charge is 0.240 e. The van der Waals surface area contributed by atoms with Gasteiger partial charge >= 0.3 is 0 Å². The van der Waals surface area contributed by atoms with Gasteiger partial charge in [0.15, 0.2) is 4.87 Å². The van der Waals surface area contributed by atoms with E-state index in [9.17, 15) is 8.42 Å². The molecule has 10 heteroatoms. The van der Waals surface area contributed by atoms with Crippen molar-refractivity contribution in [2.75, 3.05) is 25.1 Å². The number of halogens is 4. The van der Waals surface area contributed by atoms with Crippen molar-refractivity contribution in [1.82, 2.24) is 0 Å². The number of fused-ring (bicyclic) bond motifs is 5. The first-order chi connectivity index (χ1) is 12.1. The minimum atomic E-state index is -3.91. The van der Waals surface area contributed by atoms with E-state index in [1.54, 1.807) is 30.3 Å². The third kappa shape index (κ3) is 1.76. The van der Waals surface area contributed by atoms with Crippen LogP contribution in [0, 0.1) is 5.92 Å². The second-order valence-corrected chi connectivity index (χ2v) is 10.4. The quantitative estimate of drug-likeness (QED) is 0.514. The molecule has 0 spiro atoms. The molecule has 0 unspecified atom stereocenters. The van der Waals surface area contributed by atoms with Gasteiger partial charge < -0.3 is 9.47 Å². The SMILES string of the molecule is COC1(OC)[C@@]2(Cl)C(Cl)=C(Cl)[C@]1(Cl)[C@@H]1CN(c3ccccc3)S(=O)(=O)[C@@H]12. The number of hydrogen-bond donors (Lipinski definition) is 0. The molecular formula is C16H15Cl4NO4S. The predicted octanol–water partition coefficient (Wildman–Crippen LogP) is 3.48. The van der Waals surface area contributed by atoms with Crippen LogP contribution in [0.15, 0.2) is 40.4 Å². The first-order valence-corrected chi connectivity index (χ1v) is 10.8. The lowest BCUT2D eigenvalue weighted by molar-refractivity contribution is -0.218. The predicted molar refractivity (Wildman–Crippen MR) is 103 cm³/mol. The molecule has 0 amide bonds. The number of para-hydroxylation sites is 1. The van der Waals surface area contributed by atoms with Crippen LogP contribution in [0.25, 0.3) is 0 Å². The van der Waals surface area contributed by atoms with Gasteiger partial charge in [-0.25, -0.2) is 8.42 Å². The summed E-state index contributed by atoms with van der Waals surface area (Å²) in [5, 5.41) is -1.14. The van der Waals surface area contributed by atoms with Gasteiger partial charge in [0.2, 0.25) is 15.8 Å². The van der Waals surface area contributed by atoms with Gasteiger partial charge in [0, 0.05) is 26.7 Å². The molecule has 26 heavy (non-hydrogen) atoms. The Balaban J connectivity index is 1.96. The third-order valence-electron chi connectivity index (χ3n) is 5.67. The third-order valence-corrected chi connectivity index (χ3v) is 10.8. The zero-order chi connectivity index (χ0) is 19.1. The maximum absolute atomic E-state index is 13.4. The van der Waals surface area contributed by atoms with Crippen molar-refractivity contribution >= 4 is 62.1 Å². The zero-order valence-corrected chi connectivity index (χ0v) is 17.6. The minimum Gasteiger partial charge on any atom is -0.349 e. The van der Waals surface area contributed by atoms with E-state index in [4.69, 9.17) is 55.9 Å². The minimum absolute atomic E-state index is 0.0562. The lowest BCUT2D eigenvalue weighted by Gasteiger charge is -2.42. The normalized spacial score (nSPS) is 39.5. The van der Waals surface area contributed by atoms with Crippen molar-refractivity contribution in [3.63, 3.8) is 0 Å². The number of rotatable bonds is 3. The topological polar surface area (TPSA) is 55.8 Å². The molecule has 1 saturated carbocycles. The molecule has 0 aromatic heterocycles. The Labute approximate surface area is 171 Å². The monoisotopic (exact) mass is 457 g/mol. The standard InChI is InChI=1S/C16H15Cl4NO4S/c1-24-16(25-2)14(19)10-8-21(9-6-4-3-5-7-9)26(22,23)13(10)15(16,20)12(18)11(14)17/h3-7,10,13H,8H2,1-2H3/t10-,13+,14-,15-/m1/s1. The average molecular weight is 459 g/mol. The van der Waals surface area contributed by atoms with Gasteiger partial charge in [-0.3, -0.25) is 4.31 Å². The summed E-state index contributed by atoms with van der Waals surface area (Å²) in [6.45, 7) is 0.0871. The van der Waals surface area contributed by atoms with Crippen LogP contribution in [-0.4, -0.2) is 50.0 Å². The van der Waals surface area contributed by atoms with Crippen molar-refractivity contribution < 1.29 is 17.9 Å². The van der Waals surface area contributed by atoms with Gasteiger partial charge in [-0.15, -0.1) is 23.2 Å². The van der Waals surface area contributed by atoms with Gasteiger partial charge in [-0.05, 0) is 12.1 Å². The fourth-order valence-electron chi connectivity index (χ4n) is 4.66. The Kier molecular flexibility index (Phi) is 4.16. The van der Waals surface area contributed by atoms with Crippen molar-refractivity contribution in [3.05, 3.63) is 40.4 Å². The van der Waals surface area contributed by atoms with Crippen LogP contribution < -0.4 is 4.31 Å². The van der Waals surface area contributed by atoms with E-state index < -0.39 is 36.7 Å². The molecular weight excluding hydrogens is 444 g/mol. The van der Waals surface area contributed by atoms with E-state index >= 15 is 0 Å². The molecule has 2 fully saturated rings. The largest absolute Gasteiger partial charge is 0.349 e. The Morgan fingerprint density at radius 3 is 2.12 bits per heavy atom. The molecule has 2 bridgehead atoms. The number of alkyl halides is 2. The van der Waals surface area contributed by atoms with Crippen LogP contribution >= 0.6 is 46.4 Å². The van der Waals surface area contributed by atoms with Gasteiger partial charge in [-0.2, -0.15) is 0 Å². The number of ether oxygens (including phenoxy) is 2. The van der Waals surface area contributed by atoms with Crippen LogP contribution in [0.1, 0.15) is 0 Å². The van der Waals surface area contributed by atoms with Gasteiger partial charge in [0.1, 0.15) is 10.1 Å². The number of sulfonamides is 1. The highest BCUT2D eigenvalue weighted by Gasteiger charge is 2.89. The summed E-state index contributed by atoms with van der Waals surface area (Å²) in [7, 11) is -1.22. The molecule has 142 valence electrons. The summed E-state index contributed by atoms with van der Waals surface area (Å²) in [4.78, 5) is -3.29. The number of hydrogen-bond acceptors (Lipinski definition) is 4. The molecule has 0 N–H and O–H groups in total. The van der Waals surface area contributed by atoms with Crippen molar-refractivity contribution in [2.45, 2.75) is 20.8 Å². The summed E-state index contributed by atoms with van der Waals surface area (Å²) in [5.41, 5.74) is 0.523. The highest BCUT2D eigenvalue weighted by molar-refractivity contribution is 7.94. The molecule has 1 heterocycles. The highest BCUT2D eigenvalue weighted by Crippen LogP contribution is 2.74. The van der Waals surface area contributed by atoms with Crippen LogP contribution in [0.2, 0.25) is 0 Å². The van der Waals surface area contributed by atoms with Crippen LogP contribution in [0.4, 0.5) is 5.69 Å². The average Bonchev–Trinajstić information content (AvgIpc) is 3.06. The van der Waals surface area contributed by atoms with Crippen molar-refractivity contribution in [2.24, 2.45) is 5.92 Å². The lowest BCUT2D eigenvalue weighted by atomic mass is 9.91. The van der Waals surface area contributed by atoms with Crippen LogP contribution in [-0.2, 0) is 19.5 Å². The molecule has 1 aromatic carbocycles. The molecule has 4 rings (SSSR count). The summed E-state index contributed by atoms with van der Waals surface area (Å²) in [6, 6.07) is 8.73. The fourth-order valence-corrected chi connectivity index (χ4v) is 9.67. The molecule has 2 aliphatic carbocycles. The summed E-state index contributed by atoms with van der Waals surface area (Å²) < 4.78 is 39.3. The van der Waals surface area contributed by atoms with Crippen molar-refractivity contribution in [1.29, 1.82) is 0 Å². The Morgan fingerprint density at radius 1 is 1.04 bits per heavy atom. The maximum Gasteiger partial charge on any atom is 0.240 e. The van der Waals surface area contributed by atoms with E-state index in [2.05, 4.69) is 0 Å². The van der Waals surface area contributed by atoms with Gasteiger partial charge in [-0.1, -0.05) is 41.4 Å². The van der Waals surface area contributed by atoms with E-state index in [-0.39, 0.29) is 16.6 Å². The molecule has 1 aliphatic heterocycles. The van der Waals surface area contributed by atoms with E-state index in [1.165, 1.54) is 18.5 Å². The second kappa shape index (κ2) is 5.66. The number of nitrogens with zero attached hydrogens (tertiary/aromatic N) is 1. The Morgan fingerprint density at radius 2 is 1.58 bits per heavy atom. The molecule has 3 aliphatic rings. The zero-order valence-electron chi connectivity index (χ0n) is 13.7. The molecule has 1 saturated heterocycles. The summed E-state index contributed by atoms with van der Waals surface area (Å²) in [6.07, 6.45) is 0. The fraction of sp³-hybridized carbons (Fsp3) is 0.500. The van der Waals surface area contributed by atoms with Crippen molar-refractivity contribution in [3.8, 4) is 0 Å². The van der Waals surface area contributed by atoms with E-state index in [1.807, 2.05) is 0 Å². The molecule has 1 aromatic rings. The molecule has 5 nitrogen and oxygen atoms in total. The van der Waals surface area contributed by atoms with Crippen LogP contribution in [0.3, 0.4) is 0 Å². The highest BCUT2D eigenvalue weighted by atomic mass is 35.5. The number of benzene rings is 1. The lowest BCUT2D eigenvalue weighted by Crippen LogP contribution is -2.60. The molecule has 0 radical (unpaired) electrons. The Hall–Kier alpha value is -0.210. The number of anilines is 1. The number of methoxy groups -OCH3 is 2. The summed E-state index contributed by atoms with van der Waals surface area (Å²) in [5.74, 6) is -2.38. The second-order valence-electron chi connectivity index (χ2n) is 6.52. The van der Waals surface area contributed by atoms with E-state index in [0.29, 0.717) is 5.69 Å². The maximum atomic E-state index is 13.4. The summed E-state index contributed by atoms with van der Waals surface area (Å²) >= 11 is 26.7. The first-order valence-electron chi connectivity index (χ1n) is 7.75. The van der Waals surface area contributed by atoms with Gasteiger partial charge in [0.05, 0.1) is 15.8 Å². The molecule has 4 atom stereocenters.